The van der Waals surface area contributed by atoms with Crippen LogP contribution in [0.1, 0.15) is 29.3 Å². The molecule has 1 amide bonds. The SMILES string of the molecule is CCOCCOCCOCCCNC(=O)c1ccc(N=NCc2ccccc2S(=O)(=O)O)nc1. The number of rotatable bonds is 16. The van der Waals surface area contributed by atoms with Crippen LogP contribution in [0.4, 0.5) is 5.82 Å². The van der Waals surface area contributed by atoms with E-state index in [1.54, 1.807) is 12.1 Å². The van der Waals surface area contributed by atoms with Gasteiger partial charge in [0.15, 0.2) is 5.82 Å². The molecule has 0 atom stereocenters. The molecule has 0 aliphatic carbocycles. The lowest BCUT2D eigenvalue weighted by Gasteiger charge is -2.07. The Hall–Kier alpha value is -2.77. The van der Waals surface area contributed by atoms with Crippen molar-refractivity contribution in [2.75, 3.05) is 46.2 Å². The van der Waals surface area contributed by atoms with E-state index in [1.165, 1.54) is 30.5 Å². The zero-order valence-electron chi connectivity index (χ0n) is 19.1. The number of carbonyl (C=O) groups excluding carboxylic acids is 1. The Bertz CT molecular complexity index is 1010. The molecule has 34 heavy (non-hydrogen) atoms. The largest absolute Gasteiger partial charge is 0.379 e. The summed E-state index contributed by atoms with van der Waals surface area (Å²) in [7, 11) is -4.34. The molecule has 0 fully saturated rings. The Balaban J connectivity index is 1.67. The van der Waals surface area contributed by atoms with E-state index in [1.807, 2.05) is 6.92 Å². The van der Waals surface area contributed by atoms with Gasteiger partial charge in [0.25, 0.3) is 16.0 Å². The number of carbonyl (C=O) groups is 1. The lowest BCUT2D eigenvalue weighted by molar-refractivity contribution is 0.0166. The van der Waals surface area contributed by atoms with E-state index >= 15 is 0 Å². The van der Waals surface area contributed by atoms with E-state index in [0.29, 0.717) is 63.7 Å². The van der Waals surface area contributed by atoms with Crippen LogP contribution in [0, 0.1) is 0 Å². The van der Waals surface area contributed by atoms with Crippen LogP contribution in [0.2, 0.25) is 0 Å². The highest BCUT2D eigenvalue weighted by atomic mass is 32.2. The molecule has 0 saturated heterocycles. The van der Waals surface area contributed by atoms with Gasteiger partial charge in [0.05, 0.1) is 43.4 Å². The van der Waals surface area contributed by atoms with Crippen molar-refractivity contribution >= 4 is 21.8 Å². The topological polar surface area (TPSA) is 149 Å². The average molecular weight is 495 g/mol. The molecule has 0 saturated carbocycles. The number of ether oxygens (including phenoxy) is 3. The van der Waals surface area contributed by atoms with Crippen LogP contribution in [-0.4, -0.2) is 70.0 Å². The minimum atomic E-state index is -4.34. The van der Waals surface area contributed by atoms with Crippen LogP contribution in [0.3, 0.4) is 0 Å². The zero-order chi connectivity index (χ0) is 24.7. The molecule has 1 aromatic carbocycles. The Morgan fingerprint density at radius 1 is 1.03 bits per heavy atom. The van der Waals surface area contributed by atoms with Crippen molar-refractivity contribution < 1.29 is 32.0 Å². The van der Waals surface area contributed by atoms with Crippen LogP contribution < -0.4 is 5.32 Å². The fraction of sp³-hybridized carbons (Fsp3) is 0.455. The third-order valence-electron chi connectivity index (χ3n) is 4.37. The maximum Gasteiger partial charge on any atom is 0.294 e. The number of aromatic nitrogens is 1. The summed E-state index contributed by atoms with van der Waals surface area (Å²) in [6.07, 6.45) is 2.04. The van der Waals surface area contributed by atoms with Crippen molar-refractivity contribution in [3.8, 4) is 0 Å². The van der Waals surface area contributed by atoms with E-state index in [4.69, 9.17) is 14.2 Å². The normalized spacial score (nSPS) is 11.7. The fourth-order valence-corrected chi connectivity index (χ4v) is 3.43. The third kappa shape index (κ3) is 10.4. The van der Waals surface area contributed by atoms with Crippen LogP contribution in [0.15, 0.2) is 57.7 Å². The van der Waals surface area contributed by atoms with E-state index in [0.717, 1.165) is 0 Å². The molecular formula is C22H30N4O7S. The summed E-state index contributed by atoms with van der Waals surface area (Å²) in [5.74, 6) is -0.00455. The molecule has 0 aliphatic rings. The number of hydrogen-bond donors (Lipinski definition) is 2. The van der Waals surface area contributed by atoms with Crippen LogP contribution in [0.25, 0.3) is 0 Å². The summed E-state index contributed by atoms with van der Waals surface area (Å²) in [4.78, 5) is 16.0. The van der Waals surface area contributed by atoms with Gasteiger partial charge < -0.3 is 19.5 Å². The first kappa shape index (κ1) is 27.5. The molecule has 1 heterocycles. The maximum atomic E-state index is 12.2. The van der Waals surface area contributed by atoms with Crippen LogP contribution in [-0.2, 0) is 30.9 Å². The van der Waals surface area contributed by atoms with Gasteiger partial charge in [-0.3, -0.25) is 9.35 Å². The van der Waals surface area contributed by atoms with Gasteiger partial charge in [-0.25, -0.2) is 4.98 Å². The first-order chi connectivity index (χ1) is 16.4. The molecule has 2 N–H and O–H groups in total. The smallest absolute Gasteiger partial charge is 0.294 e. The number of azo groups is 1. The van der Waals surface area contributed by atoms with Crippen molar-refractivity contribution in [1.29, 1.82) is 0 Å². The lowest BCUT2D eigenvalue weighted by Crippen LogP contribution is -2.25. The van der Waals surface area contributed by atoms with Gasteiger partial charge in [-0.15, -0.1) is 5.11 Å². The number of nitrogens with one attached hydrogen (secondary N) is 1. The van der Waals surface area contributed by atoms with Gasteiger partial charge in [0.2, 0.25) is 0 Å². The Morgan fingerprint density at radius 2 is 1.74 bits per heavy atom. The molecule has 1 aromatic heterocycles. The van der Waals surface area contributed by atoms with Gasteiger partial charge in [-0.2, -0.15) is 13.5 Å². The van der Waals surface area contributed by atoms with Crippen molar-refractivity contribution in [1.82, 2.24) is 10.3 Å². The monoisotopic (exact) mass is 494 g/mol. The van der Waals surface area contributed by atoms with Crippen LogP contribution in [0.5, 0.6) is 0 Å². The lowest BCUT2D eigenvalue weighted by atomic mass is 10.2. The molecule has 11 nitrogen and oxygen atoms in total. The summed E-state index contributed by atoms with van der Waals surface area (Å²) < 4.78 is 48.0. The highest BCUT2D eigenvalue weighted by Gasteiger charge is 2.14. The van der Waals surface area contributed by atoms with Gasteiger partial charge in [0.1, 0.15) is 0 Å². The summed E-state index contributed by atoms with van der Waals surface area (Å²) in [5, 5.41) is 10.6. The Morgan fingerprint density at radius 3 is 2.41 bits per heavy atom. The quantitative estimate of drug-likeness (QED) is 0.206. The number of nitrogens with zero attached hydrogens (tertiary/aromatic N) is 3. The number of hydrogen-bond acceptors (Lipinski definition) is 9. The molecule has 0 bridgehead atoms. The second-order valence-electron chi connectivity index (χ2n) is 6.92. The second-order valence-corrected chi connectivity index (χ2v) is 8.31. The summed E-state index contributed by atoms with van der Waals surface area (Å²) in [6.45, 7) is 5.63. The molecule has 0 unspecified atom stereocenters. The molecular weight excluding hydrogens is 464 g/mol. The van der Waals surface area contributed by atoms with E-state index in [-0.39, 0.29) is 23.2 Å². The Labute approximate surface area is 199 Å². The summed E-state index contributed by atoms with van der Waals surface area (Å²) >= 11 is 0. The molecule has 0 aliphatic heterocycles. The molecule has 2 rings (SSSR count). The maximum absolute atomic E-state index is 12.2. The number of benzene rings is 1. The zero-order valence-corrected chi connectivity index (χ0v) is 19.9. The number of amides is 1. The van der Waals surface area contributed by atoms with Gasteiger partial charge in [0, 0.05) is 26.0 Å². The number of pyridine rings is 1. The molecule has 0 spiro atoms. The van der Waals surface area contributed by atoms with E-state index in [9.17, 15) is 17.8 Å². The average Bonchev–Trinajstić information content (AvgIpc) is 2.82. The van der Waals surface area contributed by atoms with Gasteiger partial charge in [-0.05, 0) is 37.1 Å². The van der Waals surface area contributed by atoms with Crippen LogP contribution >= 0.6 is 0 Å². The highest BCUT2D eigenvalue weighted by Crippen LogP contribution is 2.17. The summed E-state index contributed by atoms with van der Waals surface area (Å²) in [6, 6.07) is 9.06. The minimum Gasteiger partial charge on any atom is -0.379 e. The van der Waals surface area contributed by atoms with Crippen molar-refractivity contribution in [2.24, 2.45) is 10.2 Å². The van der Waals surface area contributed by atoms with Crippen molar-refractivity contribution in [3.63, 3.8) is 0 Å². The third-order valence-corrected chi connectivity index (χ3v) is 5.33. The molecule has 0 radical (unpaired) electrons. The van der Waals surface area contributed by atoms with Gasteiger partial charge in [-0.1, -0.05) is 18.2 Å². The predicted octanol–water partition coefficient (Wildman–Crippen LogP) is 2.80. The first-order valence-corrected chi connectivity index (χ1v) is 12.3. The summed E-state index contributed by atoms with van der Waals surface area (Å²) in [5.41, 5.74) is 0.683. The predicted molar refractivity (Wildman–Crippen MR) is 124 cm³/mol. The highest BCUT2D eigenvalue weighted by molar-refractivity contribution is 7.85. The van der Waals surface area contributed by atoms with Gasteiger partial charge >= 0.3 is 0 Å². The van der Waals surface area contributed by atoms with E-state index < -0.39 is 10.1 Å². The first-order valence-electron chi connectivity index (χ1n) is 10.8. The van der Waals surface area contributed by atoms with E-state index in [2.05, 4.69) is 20.5 Å². The minimum absolute atomic E-state index is 0.0542. The fourth-order valence-electron chi connectivity index (χ4n) is 2.71. The molecule has 12 heteroatoms. The molecule has 186 valence electrons. The standard InChI is InChI=1S/C22H30N4O7S/c1-2-31-12-13-33-15-14-32-11-5-10-23-22(27)19-8-9-21(24-16-19)26-25-17-18-6-3-4-7-20(18)34(28,29)30/h3-4,6-9,16H,2,5,10-15,17H2,1H3,(H,23,27)(H,28,29,30). The van der Waals surface area contributed by atoms with Crippen molar-refractivity contribution in [3.05, 3.63) is 53.7 Å². The molecule has 2 aromatic rings. The Kier molecular flexibility index (Phi) is 12.3. The second kappa shape index (κ2) is 15.2. The van der Waals surface area contributed by atoms with Crippen molar-refractivity contribution in [2.45, 2.75) is 24.8 Å².